The number of carbonyl (C=O) groups excluding carboxylic acids is 8. The Labute approximate surface area is 406 Å². The molecule has 23 nitrogen and oxygen atoms in total. The van der Waals surface area contributed by atoms with E-state index in [1.807, 2.05) is 11.0 Å². The first-order chi connectivity index (χ1) is 34.0. The van der Waals surface area contributed by atoms with Crippen LogP contribution in [-0.2, 0) is 79.8 Å². The molecule has 23 heteroatoms. The highest BCUT2D eigenvalue weighted by molar-refractivity contribution is 6.12. The maximum Gasteiger partial charge on any atom is 0.253 e. The van der Waals surface area contributed by atoms with Crippen molar-refractivity contribution in [1.29, 1.82) is 0 Å². The van der Waals surface area contributed by atoms with Gasteiger partial charge in [0.15, 0.2) is 0 Å². The van der Waals surface area contributed by atoms with Crippen LogP contribution in [0.4, 0.5) is 5.69 Å². The molecule has 1 fully saturated rings. The van der Waals surface area contributed by atoms with Gasteiger partial charge >= 0.3 is 0 Å². The third kappa shape index (κ3) is 23.4. The van der Waals surface area contributed by atoms with Crippen LogP contribution in [0.25, 0.3) is 0 Å². The normalized spacial score (nSPS) is 15.1. The molecule has 0 radical (unpaired) electrons. The summed E-state index contributed by atoms with van der Waals surface area (Å²) in [5, 5.41) is 22.0. The van der Waals surface area contributed by atoms with Crippen molar-refractivity contribution in [3.8, 4) is 0 Å². The van der Waals surface area contributed by atoms with E-state index < -0.39 is 48.7 Å². The molecule has 1 saturated heterocycles. The number of aliphatic hydroxyl groups is 1. The van der Waals surface area contributed by atoms with Gasteiger partial charge in [-0.1, -0.05) is 42.5 Å². The summed E-state index contributed by atoms with van der Waals surface area (Å²) in [5.74, 6) is -3.61. The minimum absolute atomic E-state index is 0.0433. The number of hydrogen-bond acceptors (Lipinski definition) is 16. The van der Waals surface area contributed by atoms with Gasteiger partial charge in [0.1, 0.15) is 6.04 Å². The summed E-state index contributed by atoms with van der Waals surface area (Å²) in [6, 6.07) is 14.4. The van der Waals surface area contributed by atoms with E-state index in [0.29, 0.717) is 77.1 Å². The van der Waals surface area contributed by atoms with Crippen LogP contribution in [0.2, 0.25) is 0 Å². The van der Waals surface area contributed by atoms with E-state index in [1.54, 1.807) is 53.4 Å². The topological polar surface area (TPSA) is 282 Å². The summed E-state index contributed by atoms with van der Waals surface area (Å²) in [7, 11) is 0. The first-order valence-corrected chi connectivity index (χ1v) is 23.1. The maximum absolute atomic E-state index is 13.2. The van der Waals surface area contributed by atoms with Crippen molar-refractivity contribution in [2.75, 3.05) is 144 Å². The number of aliphatic hydroxyl groups excluding tert-OH is 1. The van der Waals surface area contributed by atoms with Gasteiger partial charge in [0.2, 0.25) is 35.4 Å². The van der Waals surface area contributed by atoms with Gasteiger partial charge in [0, 0.05) is 50.4 Å². The van der Waals surface area contributed by atoms with Crippen LogP contribution in [-0.4, -0.2) is 211 Å². The van der Waals surface area contributed by atoms with Crippen LogP contribution < -0.4 is 26.6 Å². The third-order valence-corrected chi connectivity index (χ3v) is 10.4. The summed E-state index contributed by atoms with van der Waals surface area (Å²) in [6.07, 6.45) is 2.75. The van der Waals surface area contributed by atoms with Gasteiger partial charge in [0.25, 0.3) is 11.8 Å². The van der Waals surface area contributed by atoms with Gasteiger partial charge in [-0.05, 0) is 23.3 Å². The van der Waals surface area contributed by atoms with Crippen LogP contribution >= 0.6 is 0 Å². The van der Waals surface area contributed by atoms with Crippen LogP contribution in [0.5, 0.6) is 0 Å². The molecule has 8 amide bonds. The smallest absolute Gasteiger partial charge is 0.253 e. The number of nitrogens with one attached hydrogen (secondary N) is 5. The number of rotatable bonds is 29. The summed E-state index contributed by atoms with van der Waals surface area (Å²) in [6.45, 7) is 3.82. The average Bonchev–Trinajstić information content (AvgIpc) is 3.68. The van der Waals surface area contributed by atoms with E-state index in [4.69, 9.17) is 28.4 Å². The van der Waals surface area contributed by atoms with Crippen LogP contribution in [0.1, 0.15) is 17.5 Å². The van der Waals surface area contributed by atoms with Crippen molar-refractivity contribution < 1.29 is 71.9 Å². The molecule has 6 N–H and O–H groups in total. The molecule has 2 aromatic rings. The van der Waals surface area contributed by atoms with Crippen molar-refractivity contribution >= 4 is 52.9 Å². The molecule has 0 aromatic heterocycles. The molecule has 4 rings (SSSR count). The van der Waals surface area contributed by atoms with Crippen LogP contribution in [0, 0.1) is 0 Å². The number of ether oxygens (including phenoxy) is 6. The van der Waals surface area contributed by atoms with Crippen molar-refractivity contribution in [1.82, 2.24) is 36.0 Å². The first-order valence-electron chi connectivity index (χ1n) is 23.1. The number of imide groups is 1. The fourth-order valence-corrected chi connectivity index (χ4v) is 6.63. The number of nitrogens with zero attached hydrogens (tertiary/aromatic N) is 3. The molecule has 384 valence electrons. The van der Waals surface area contributed by atoms with Gasteiger partial charge in [-0.25, -0.2) is 0 Å². The summed E-state index contributed by atoms with van der Waals surface area (Å²) in [5.41, 5.74) is 1.90. The largest absolute Gasteiger partial charge is 0.392 e. The van der Waals surface area contributed by atoms with E-state index in [0.717, 1.165) is 10.5 Å². The third-order valence-electron chi connectivity index (χ3n) is 10.4. The molecular weight excluding hydrogens is 917 g/mol. The minimum Gasteiger partial charge on any atom is -0.392 e. The molecule has 2 aliphatic rings. The second-order valence-electron chi connectivity index (χ2n) is 15.7. The molecule has 0 unspecified atom stereocenters. The molecule has 0 bridgehead atoms. The number of hydrogen-bond donors (Lipinski definition) is 6. The molecule has 2 heterocycles. The molecule has 0 spiro atoms. The molecule has 2 aliphatic heterocycles. The predicted molar refractivity (Wildman–Crippen MR) is 251 cm³/mol. The van der Waals surface area contributed by atoms with Crippen LogP contribution in [0.15, 0.2) is 66.7 Å². The second kappa shape index (κ2) is 33.4. The van der Waals surface area contributed by atoms with Gasteiger partial charge in [-0.2, -0.15) is 0 Å². The molecule has 0 aliphatic carbocycles. The number of carbonyl (C=O) groups is 8. The Morgan fingerprint density at radius 2 is 1.14 bits per heavy atom. The van der Waals surface area contributed by atoms with Crippen molar-refractivity contribution in [3.05, 3.63) is 77.9 Å². The molecule has 0 saturated carbocycles. The van der Waals surface area contributed by atoms with E-state index in [2.05, 4.69) is 26.6 Å². The minimum atomic E-state index is -1.07. The lowest BCUT2D eigenvalue weighted by molar-refractivity contribution is -0.138. The fourth-order valence-electron chi connectivity index (χ4n) is 6.63. The molecule has 1 atom stereocenters. The van der Waals surface area contributed by atoms with Gasteiger partial charge < -0.3 is 65.0 Å². The van der Waals surface area contributed by atoms with Gasteiger partial charge in [-0.3, -0.25) is 48.2 Å². The maximum atomic E-state index is 13.2. The SMILES string of the molecule is O=C(CNC(=O)CN1CCOCCN(C(=O)CCOCCOCCOCCOCCN2C(=O)C=CC2=O)CCOCC1)NCC(=O)N[C@@H](Cc1ccccc1)C(=O)NCC(=O)Nc1ccc(CO)cc1. The Bertz CT molecular complexity index is 1960. The summed E-state index contributed by atoms with van der Waals surface area (Å²) in [4.78, 5) is 104. The quantitative estimate of drug-likeness (QED) is 0.0371. The second-order valence-corrected chi connectivity index (χ2v) is 15.7. The van der Waals surface area contributed by atoms with E-state index >= 15 is 0 Å². The first kappa shape index (κ1) is 56.4. The Hall–Kier alpha value is -6.18. The number of amides is 8. The fraction of sp³-hybridized carbons (Fsp3) is 0.532. The lowest BCUT2D eigenvalue weighted by Crippen LogP contribution is -2.52. The Morgan fingerprint density at radius 1 is 0.600 bits per heavy atom. The zero-order valence-corrected chi connectivity index (χ0v) is 39.4. The van der Waals surface area contributed by atoms with E-state index in [1.165, 1.54) is 12.2 Å². The van der Waals surface area contributed by atoms with Crippen molar-refractivity contribution in [2.24, 2.45) is 0 Å². The highest BCUT2D eigenvalue weighted by Gasteiger charge is 2.24. The van der Waals surface area contributed by atoms with Crippen LogP contribution in [0.3, 0.4) is 0 Å². The van der Waals surface area contributed by atoms with Gasteiger partial charge in [-0.15, -0.1) is 0 Å². The average molecular weight is 983 g/mol. The van der Waals surface area contributed by atoms with E-state index in [-0.39, 0.29) is 96.4 Å². The van der Waals surface area contributed by atoms with Gasteiger partial charge in [0.05, 0.1) is 125 Å². The lowest BCUT2D eigenvalue weighted by Gasteiger charge is -2.26. The van der Waals surface area contributed by atoms with Crippen molar-refractivity contribution in [3.63, 3.8) is 0 Å². The predicted octanol–water partition coefficient (Wildman–Crippen LogP) is -2.25. The highest BCUT2D eigenvalue weighted by Crippen LogP contribution is 2.10. The number of benzene rings is 2. The number of anilines is 1. The summed E-state index contributed by atoms with van der Waals surface area (Å²) >= 11 is 0. The van der Waals surface area contributed by atoms with Crippen molar-refractivity contribution in [2.45, 2.75) is 25.5 Å². The zero-order chi connectivity index (χ0) is 50.2. The Kier molecular flexibility index (Phi) is 26.9. The lowest BCUT2D eigenvalue weighted by atomic mass is 10.1. The zero-order valence-electron chi connectivity index (χ0n) is 39.4. The summed E-state index contributed by atoms with van der Waals surface area (Å²) < 4.78 is 33.4. The highest BCUT2D eigenvalue weighted by atomic mass is 16.6. The standard InChI is InChI=1S/C47H66N8O15/c56-35-37-6-8-38(9-7-37)51-41(58)33-50-47(64)39(30-36-4-2-1-3-5-36)52-42(59)32-48-40(57)31-49-43(60)34-53-13-19-66-21-15-54(16-22-67-20-14-53)44(61)12-18-65-24-26-69-28-29-70-27-25-68-23-17-55-45(62)10-11-46(55)63/h1-11,39,56H,12-35H2,(H,48,57)(H,49,60)(H,50,64)(H,51,58)(H,52,59)/t39-/m0/s1. The Morgan fingerprint density at radius 3 is 1.76 bits per heavy atom. The molecule has 70 heavy (non-hydrogen) atoms. The monoisotopic (exact) mass is 982 g/mol. The van der Waals surface area contributed by atoms with E-state index in [9.17, 15) is 43.5 Å². The molecular formula is C47H66N8O15. The molecule has 2 aromatic carbocycles. The Balaban J connectivity index is 1.03.